The topological polar surface area (TPSA) is 80.3 Å². The standard InChI is InChI=1S/C22H26N6O2/c1-3-10-26(11-4-2)13-18-24-25-21(30-18)19-20-17-9-12-27(17)22(29)15-7-5-6-8-16(15)28(20)14-23-19/h5-8,14,17H,3-4,9-13H2,1-2H3/t17-/m0/s1. The molecule has 1 saturated heterocycles. The number of nitrogens with zero attached hydrogens (tertiary/aromatic N) is 6. The van der Waals surface area contributed by atoms with Crippen LogP contribution in [0.3, 0.4) is 0 Å². The van der Waals surface area contributed by atoms with Crippen molar-refractivity contribution in [1.82, 2.24) is 29.5 Å². The lowest BCUT2D eigenvalue weighted by Crippen LogP contribution is -2.44. The summed E-state index contributed by atoms with van der Waals surface area (Å²) in [5.74, 6) is 1.09. The highest BCUT2D eigenvalue weighted by atomic mass is 16.4. The van der Waals surface area contributed by atoms with Gasteiger partial charge in [-0.1, -0.05) is 26.0 Å². The fourth-order valence-corrected chi connectivity index (χ4v) is 4.47. The van der Waals surface area contributed by atoms with Crippen LogP contribution >= 0.6 is 0 Å². The normalized spacial score (nSPS) is 17.4. The lowest BCUT2D eigenvalue weighted by molar-refractivity contribution is 0.0461. The van der Waals surface area contributed by atoms with E-state index in [1.807, 2.05) is 33.7 Å². The van der Waals surface area contributed by atoms with Gasteiger partial charge in [0.1, 0.15) is 6.33 Å². The maximum absolute atomic E-state index is 13.0. The Labute approximate surface area is 175 Å². The lowest BCUT2D eigenvalue weighted by Gasteiger charge is -2.39. The molecule has 3 aromatic rings. The van der Waals surface area contributed by atoms with Crippen molar-refractivity contribution in [2.45, 2.75) is 45.7 Å². The van der Waals surface area contributed by atoms with Crippen LogP contribution in [0.1, 0.15) is 61.1 Å². The van der Waals surface area contributed by atoms with Crippen molar-refractivity contribution in [2.75, 3.05) is 19.6 Å². The summed E-state index contributed by atoms with van der Waals surface area (Å²) in [5, 5.41) is 8.59. The number of amides is 1. The summed E-state index contributed by atoms with van der Waals surface area (Å²) < 4.78 is 8.05. The fourth-order valence-electron chi connectivity index (χ4n) is 4.47. The average molecular weight is 406 g/mol. The molecule has 0 bridgehead atoms. The zero-order valence-electron chi connectivity index (χ0n) is 17.4. The van der Waals surface area contributed by atoms with Crippen LogP contribution in [-0.2, 0) is 6.54 Å². The van der Waals surface area contributed by atoms with Crippen LogP contribution in [0.4, 0.5) is 0 Å². The molecule has 4 heterocycles. The summed E-state index contributed by atoms with van der Waals surface area (Å²) >= 11 is 0. The van der Waals surface area contributed by atoms with E-state index in [9.17, 15) is 4.79 Å². The molecule has 2 aliphatic heterocycles. The third kappa shape index (κ3) is 3.02. The molecule has 2 aliphatic rings. The number of para-hydroxylation sites is 1. The molecule has 0 N–H and O–H groups in total. The molecule has 1 atom stereocenters. The van der Waals surface area contributed by atoms with Gasteiger partial charge in [0.15, 0.2) is 5.69 Å². The first-order valence-corrected chi connectivity index (χ1v) is 10.7. The summed E-state index contributed by atoms with van der Waals surface area (Å²) in [4.78, 5) is 21.9. The second kappa shape index (κ2) is 7.68. The van der Waals surface area contributed by atoms with Crippen LogP contribution in [0.25, 0.3) is 17.3 Å². The highest BCUT2D eigenvalue weighted by Crippen LogP contribution is 2.43. The van der Waals surface area contributed by atoms with Crippen LogP contribution in [0.5, 0.6) is 0 Å². The van der Waals surface area contributed by atoms with E-state index in [-0.39, 0.29) is 11.9 Å². The number of rotatable bonds is 7. The predicted octanol–water partition coefficient (Wildman–Crippen LogP) is 3.44. The number of imidazole rings is 1. The Morgan fingerprint density at radius 2 is 1.97 bits per heavy atom. The number of benzene rings is 1. The van der Waals surface area contributed by atoms with Gasteiger partial charge in [-0.2, -0.15) is 0 Å². The minimum absolute atomic E-state index is 0.0190. The van der Waals surface area contributed by atoms with E-state index in [1.165, 1.54) is 0 Å². The van der Waals surface area contributed by atoms with Crippen molar-refractivity contribution in [1.29, 1.82) is 0 Å². The van der Waals surface area contributed by atoms with Crippen molar-refractivity contribution in [3.63, 3.8) is 0 Å². The molecular formula is C22H26N6O2. The quantitative estimate of drug-likeness (QED) is 0.598. The van der Waals surface area contributed by atoms with Gasteiger partial charge in [-0.25, -0.2) is 4.98 Å². The van der Waals surface area contributed by atoms with Gasteiger partial charge in [0, 0.05) is 6.54 Å². The van der Waals surface area contributed by atoms with E-state index in [0.717, 1.165) is 50.3 Å². The fraction of sp³-hybridized carbons (Fsp3) is 0.455. The average Bonchev–Trinajstić information content (AvgIpc) is 3.33. The van der Waals surface area contributed by atoms with E-state index in [2.05, 4.69) is 33.9 Å². The Kier molecular flexibility index (Phi) is 4.86. The number of fused-ring (bicyclic) bond motifs is 5. The second-order valence-corrected chi connectivity index (χ2v) is 7.95. The smallest absolute Gasteiger partial charge is 0.268 e. The number of hydrogen-bond donors (Lipinski definition) is 0. The van der Waals surface area contributed by atoms with Crippen LogP contribution in [0.2, 0.25) is 0 Å². The van der Waals surface area contributed by atoms with Crippen molar-refractivity contribution < 1.29 is 9.21 Å². The van der Waals surface area contributed by atoms with Gasteiger partial charge in [-0.15, -0.1) is 10.2 Å². The minimum Gasteiger partial charge on any atom is -0.418 e. The molecule has 156 valence electrons. The second-order valence-electron chi connectivity index (χ2n) is 7.95. The molecule has 0 spiro atoms. The highest BCUT2D eigenvalue weighted by molar-refractivity contribution is 5.99. The molecule has 0 radical (unpaired) electrons. The SMILES string of the molecule is CCCN(CCC)Cc1nnc(-c2ncn3c2[C@@H]2CCN2C(=O)c2ccccc2-3)o1. The third-order valence-electron chi connectivity index (χ3n) is 5.90. The Morgan fingerprint density at radius 1 is 1.17 bits per heavy atom. The first kappa shape index (κ1) is 19.0. The summed E-state index contributed by atoms with van der Waals surface area (Å²) in [6, 6.07) is 7.66. The van der Waals surface area contributed by atoms with Gasteiger partial charge in [0.05, 0.1) is 29.5 Å². The first-order chi connectivity index (χ1) is 14.7. The number of carbonyl (C=O) groups excluding carboxylic acids is 1. The van der Waals surface area contributed by atoms with Gasteiger partial charge in [0.25, 0.3) is 11.8 Å². The molecule has 1 amide bonds. The van der Waals surface area contributed by atoms with Crippen LogP contribution in [0.15, 0.2) is 35.0 Å². The van der Waals surface area contributed by atoms with E-state index in [1.54, 1.807) is 6.33 Å². The summed E-state index contributed by atoms with van der Waals surface area (Å²) in [7, 11) is 0. The van der Waals surface area contributed by atoms with Gasteiger partial charge < -0.3 is 9.32 Å². The van der Waals surface area contributed by atoms with E-state index in [4.69, 9.17) is 4.42 Å². The van der Waals surface area contributed by atoms with Crippen molar-refractivity contribution in [2.24, 2.45) is 0 Å². The van der Waals surface area contributed by atoms with E-state index >= 15 is 0 Å². The maximum atomic E-state index is 13.0. The predicted molar refractivity (Wildman–Crippen MR) is 111 cm³/mol. The molecule has 8 heteroatoms. The molecule has 2 aromatic heterocycles. The minimum atomic E-state index is -0.0190. The van der Waals surface area contributed by atoms with Gasteiger partial charge in [0.2, 0.25) is 5.89 Å². The molecule has 30 heavy (non-hydrogen) atoms. The number of hydrogen-bond acceptors (Lipinski definition) is 6. The van der Waals surface area contributed by atoms with Crippen LogP contribution < -0.4 is 0 Å². The molecule has 1 fully saturated rings. The summed E-state index contributed by atoms with van der Waals surface area (Å²) in [6.45, 7) is 7.74. The summed E-state index contributed by atoms with van der Waals surface area (Å²) in [5.41, 5.74) is 3.17. The van der Waals surface area contributed by atoms with Gasteiger partial charge in [-0.3, -0.25) is 14.3 Å². The highest BCUT2D eigenvalue weighted by Gasteiger charge is 2.42. The third-order valence-corrected chi connectivity index (χ3v) is 5.90. The molecule has 8 nitrogen and oxygen atoms in total. The van der Waals surface area contributed by atoms with Crippen molar-refractivity contribution >= 4 is 5.91 Å². The first-order valence-electron chi connectivity index (χ1n) is 10.7. The Bertz CT molecular complexity index is 1070. The zero-order chi connectivity index (χ0) is 20.7. The monoisotopic (exact) mass is 406 g/mol. The number of aromatic nitrogens is 4. The Balaban J connectivity index is 1.52. The van der Waals surface area contributed by atoms with Crippen LogP contribution in [0, 0.1) is 0 Å². The number of carbonyl (C=O) groups is 1. The van der Waals surface area contributed by atoms with Crippen molar-refractivity contribution in [3.05, 3.63) is 47.7 Å². The van der Waals surface area contributed by atoms with Crippen LogP contribution in [-0.4, -0.2) is 55.1 Å². The van der Waals surface area contributed by atoms with Crippen molar-refractivity contribution in [3.8, 4) is 17.3 Å². The molecule has 1 aromatic carbocycles. The lowest BCUT2D eigenvalue weighted by atomic mass is 9.97. The zero-order valence-corrected chi connectivity index (χ0v) is 17.4. The molecule has 5 rings (SSSR count). The van der Waals surface area contributed by atoms with Gasteiger partial charge in [-0.05, 0) is 44.5 Å². The molecule has 0 saturated carbocycles. The largest absolute Gasteiger partial charge is 0.418 e. The summed E-state index contributed by atoms with van der Waals surface area (Å²) in [6.07, 6.45) is 4.84. The molecular weight excluding hydrogens is 380 g/mol. The van der Waals surface area contributed by atoms with Gasteiger partial charge >= 0.3 is 0 Å². The Morgan fingerprint density at radius 3 is 2.70 bits per heavy atom. The maximum Gasteiger partial charge on any atom is 0.268 e. The van der Waals surface area contributed by atoms with E-state index < -0.39 is 0 Å². The van der Waals surface area contributed by atoms with E-state index in [0.29, 0.717) is 29.6 Å². The molecule has 0 unspecified atom stereocenters. The molecule has 0 aliphatic carbocycles. The Hall–Kier alpha value is -3.00.